The Kier molecular flexibility index (Phi) is 5.48. The maximum atomic E-state index is 12.5. The topological polar surface area (TPSA) is 68.2 Å². The molecule has 0 bridgehead atoms. The van der Waals surface area contributed by atoms with Gasteiger partial charge in [0.05, 0.1) is 23.4 Å². The van der Waals surface area contributed by atoms with Crippen LogP contribution in [-0.4, -0.2) is 22.2 Å². The molecule has 134 valence electrons. The molecule has 0 spiro atoms. The second-order valence-corrected chi connectivity index (χ2v) is 6.68. The van der Waals surface area contributed by atoms with Gasteiger partial charge in [0.2, 0.25) is 0 Å². The largest absolute Gasteiger partial charge is 0.490 e. The summed E-state index contributed by atoms with van der Waals surface area (Å²) in [5, 5.41) is 6.38. The summed E-state index contributed by atoms with van der Waals surface area (Å²) in [6.45, 7) is 2.56. The average Bonchev–Trinajstić information content (AvgIpc) is 3.34. The molecule has 1 aromatic heterocycles. The summed E-state index contributed by atoms with van der Waals surface area (Å²) >= 11 is 6.21. The van der Waals surface area contributed by atoms with Crippen LogP contribution in [0.1, 0.15) is 38.1 Å². The lowest BCUT2D eigenvalue weighted by atomic mass is 10.1. The van der Waals surface area contributed by atoms with Crippen molar-refractivity contribution in [2.75, 3.05) is 11.9 Å². The normalized spacial score (nSPS) is 14.8. The Balaban J connectivity index is 1.72. The smallest absolute Gasteiger partial charge is 0.319 e. The first kappa shape index (κ1) is 17.6. The number of hydrogen-bond acceptors (Lipinski definition) is 3. The lowest BCUT2D eigenvalue weighted by Gasteiger charge is -2.19. The molecule has 2 N–H and O–H groups in total. The summed E-state index contributed by atoms with van der Waals surface area (Å²) in [5.41, 5.74) is 0.563. The number of ether oxygens (including phenoxy) is 1. The third-order valence-electron chi connectivity index (χ3n) is 4.18. The molecule has 0 saturated heterocycles. The highest BCUT2D eigenvalue weighted by atomic mass is 35.5. The third-order valence-corrected chi connectivity index (χ3v) is 4.48. The Hall–Kier alpha value is -2.21. The molecule has 1 aliphatic carbocycles. The first-order chi connectivity index (χ1) is 12.1. The van der Waals surface area contributed by atoms with Gasteiger partial charge in [-0.25, -0.2) is 9.78 Å². The fraction of sp³-hybridized carbons (Fsp3) is 0.444. The van der Waals surface area contributed by atoms with E-state index in [1.54, 1.807) is 24.4 Å². The molecule has 2 amide bonds. The maximum Gasteiger partial charge on any atom is 0.319 e. The number of aryl methyl sites for hydroxylation is 1. The molecule has 1 fully saturated rings. The molecule has 1 unspecified atom stereocenters. The zero-order valence-electron chi connectivity index (χ0n) is 14.5. The van der Waals surface area contributed by atoms with Crippen molar-refractivity contribution in [1.29, 1.82) is 0 Å². The van der Waals surface area contributed by atoms with Crippen molar-refractivity contribution in [3.63, 3.8) is 0 Å². The molecule has 1 aliphatic rings. The van der Waals surface area contributed by atoms with Crippen molar-refractivity contribution in [3.05, 3.63) is 41.4 Å². The van der Waals surface area contributed by atoms with Gasteiger partial charge in [-0.2, -0.15) is 0 Å². The molecule has 2 aromatic rings. The van der Waals surface area contributed by atoms with E-state index >= 15 is 0 Å². The van der Waals surface area contributed by atoms with Crippen LogP contribution in [0.4, 0.5) is 10.5 Å². The number of rotatable bonds is 7. The minimum Gasteiger partial charge on any atom is -0.490 e. The van der Waals surface area contributed by atoms with Gasteiger partial charge in [0.1, 0.15) is 5.82 Å². The van der Waals surface area contributed by atoms with Gasteiger partial charge < -0.3 is 19.9 Å². The van der Waals surface area contributed by atoms with E-state index in [4.69, 9.17) is 16.3 Å². The minimum atomic E-state index is -0.288. The van der Waals surface area contributed by atoms with Crippen molar-refractivity contribution < 1.29 is 9.53 Å². The summed E-state index contributed by atoms with van der Waals surface area (Å²) in [4.78, 5) is 16.9. The van der Waals surface area contributed by atoms with Gasteiger partial charge in [0.15, 0.2) is 5.75 Å². The van der Waals surface area contributed by atoms with E-state index in [0.29, 0.717) is 29.0 Å². The summed E-state index contributed by atoms with van der Waals surface area (Å²) in [6, 6.07) is 4.93. The van der Waals surface area contributed by atoms with E-state index in [9.17, 15) is 4.79 Å². The van der Waals surface area contributed by atoms with Crippen LogP contribution in [0.2, 0.25) is 5.02 Å². The van der Waals surface area contributed by atoms with E-state index in [2.05, 4.69) is 15.6 Å². The number of carbonyl (C=O) groups is 1. The predicted octanol–water partition coefficient (Wildman–Crippen LogP) is 4.14. The molecular formula is C18H23ClN4O2. The molecule has 3 rings (SSSR count). The first-order valence-electron chi connectivity index (χ1n) is 8.56. The SMILES string of the molecule is CCCOc1c(Cl)cccc1NC(=O)NC(c1nccn1C)C1CC1. The lowest BCUT2D eigenvalue weighted by molar-refractivity contribution is 0.246. The van der Waals surface area contributed by atoms with Crippen molar-refractivity contribution >= 4 is 23.3 Å². The third kappa shape index (κ3) is 4.25. The van der Waals surface area contributed by atoms with E-state index in [-0.39, 0.29) is 12.1 Å². The molecule has 1 heterocycles. The molecule has 1 aromatic carbocycles. The van der Waals surface area contributed by atoms with Crippen LogP contribution < -0.4 is 15.4 Å². The van der Waals surface area contributed by atoms with Gasteiger partial charge in [-0.1, -0.05) is 24.6 Å². The van der Waals surface area contributed by atoms with Crippen LogP contribution in [-0.2, 0) is 7.05 Å². The van der Waals surface area contributed by atoms with E-state index in [0.717, 1.165) is 25.1 Å². The Morgan fingerprint density at radius 1 is 1.48 bits per heavy atom. The van der Waals surface area contributed by atoms with Crippen molar-refractivity contribution in [1.82, 2.24) is 14.9 Å². The molecule has 7 heteroatoms. The number of benzene rings is 1. The average molecular weight is 363 g/mol. The van der Waals surface area contributed by atoms with Crippen LogP contribution in [0, 0.1) is 5.92 Å². The second kappa shape index (κ2) is 7.78. The number of imidazole rings is 1. The number of nitrogens with one attached hydrogen (secondary N) is 2. The van der Waals surface area contributed by atoms with E-state index in [1.165, 1.54) is 0 Å². The molecule has 1 atom stereocenters. The van der Waals surface area contributed by atoms with Gasteiger partial charge in [0.25, 0.3) is 0 Å². The quantitative estimate of drug-likeness (QED) is 0.777. The van der Waals surface area contributed by atoms with Crippen LogP contribution in [0.15, 0.2) is 30.6 Å². The van der Waals surface area contributed by atoms with Gasteiger partial charge >= 0.3 is 6.03 Å². The fourth-order valence-corrected chi connectivity index (χ4v) is 2.99. The van der Waals surface area contributed by atoms with Crippen molar-refractivity contribution in [2.24, 2.45) is 13.0 Å². The number of carbonyl (C=O) groups excluding carboxylic acids is 1. The number of nitrogens with zero attached hydrogens (tertiary/aromatic N) is 2. The predicted molar refractivity (Wildman–Crippen MR) is 98.1 cm³/mol. The Bertz CT molecular complexity index is 742. The first-order valence-corrected chi connectivity index (χ1v) is 8.94. The lowest BCUT2D eigenvalue weighted by Crippen LogP contribution is -2.35. The summed E-state index contributed by atoms with van der Waals surface area (Å²) in [7, 11) is 1.94. The standard InChI is InChI=1S/C18H23ClN4O2/c1-3-11-25-16-13(19)5-4-6-14(16)21-18(24)22-15(12-7-8-12)17-20-9-10-23(17)2/h4-6,9-10,12,15H,3,7-8,11H2,1-2H3,(H2,21,22,24). The summed E-state index contributed by atoms with van der Waals surface area (Å²) < 4.78 is 7.63. The minimum absolute atomic E-state index is 0.0980. The second-order valence-electron chi connectivity index (χ2n) is 6.27. The highest BCUT2D eigenvalue weighted by molar-refractivity contribution is 6.32. The van der Waals surface area contributed by atoms with Crippen molar-refractivity contribution in [3.8, 4) is 5.75 Å². The number of amides is 2. The number of urea groups is 1. The fourth-order valence-electron chi connectivity index (χ4n) is 2.76. The van der Waals surface area contributed by atoms with Crippen LogP contribution >= 0.6 is 11.6 Å². The van der Waals surface area contributed by atoms with Gasteiger partial charge in [-0.05, 0) is 37.3 Å². The summed E-state index contributed by atoms with van der Waals surface area (Å²) in [6.07, 6.45) is 6.69. The van der Waals surface area contributed by atoms with Gasteiger partial charge in [-0.15, -0.1) is 0 Å². The Labute approximate surface area is 152 Å². The molecule has 0 radical (unpaired) electrons. The number of hydrogen-bond donors (Lipinski definition) is 2. The molecular weight excluding hydrogens is 340 g/mol. The van der Waals surface area contributed by atoms with Gasteiger partial charge in [-0.3, -0.25) is 0 Å². The molecule has 1 saturated carbocycles. The number of para-hydroxylation sites is 1. The number of halogens is 1. The van der Waals surface area contributed by atoms with Crippen molar-refractivity contribution in [2.45, 2.75) is 32.2 Å². The highest BCUT2D eigenvalue weighted by Crippen LogP contribution is 2.40. The van der Waals surface area contributed by atoms with Crippen LogP contribution in [0.5, 0.6) is 5.75 Å². The number of anilines is 1. The maximum absolute atomic E-state index is 12.5. The number of aromatic nitrogens is 2. The zero-order valence-corrected chi connectivity index (χ0v) is 15.2. The van der Waals surface area contributed by atoms with Gasteiger partial charge in [0, 0.05) is 19.4 Å². The monoisotopic (exact) mass is 362 g/mol. The Morgan fingerprint density at radius 3 is 2.92 bits per heavy atom. The molecule has 0 aliphatic heterocycles. The highest BCUT2D eigenvalue weighted by Gasteiger charge is 2.35. The molecule has 6 nitrogen and oxygen atoms in total. The Morgan fingerprint density at radius 2 is 2.28 bits per heavy atom. The zero-order chi connectivity index (χ0) is 17.8. The summed E-state index contributed by atoms with van der Waals surface area (Å²) in [5.74, 6) is 1.80. The van der Waals surface area contributed by atoms with E-state index < -0.39 is 0 Å². The van der Waals surface area contributed by atoms with E-state index in [1.807, 2.05) is 24.7 Å². The molecule has 25 heavy (non-hydrogen) atoms. The van der Waals surface area contributed by atoms with Crippen LogP contribution in [0.25, 0.3) is 0 Å². The van der Waals surface area contributed by atoms with Crippen LogP contribution in [0.3, 0.4) is 0 Å².